The molecule has 2 rings (SSSR count). The van der Waals surface area contributed by atoms with Gasteiger partial charge in [0, 0.05) is 13.6 Å². The number of hydrogen-bond donors (Lipinski definition) is 0. The number of rotatable bonds is 2. The number of hydrogen-bond acceptors (Lipinski definition) is 3. The highest BCUT2D eigenvalue weighted by Gasteiger charge is 2.34. The fraction of sp³-hybridized carbons (Fsp3) is 0.444. The zero-order valence-corrected chi connectivity index (χ0v) is 8.60. The quantitative estimate of drug-likeness (QED) is 0.714. The third kappa shape index (κ3) is 1.47. The first-order valence-corrected chi connectivity index (χ1v) is 4.74. The van der Waals surface area contributed by atoms with Gasteiger partial charge in [-0.3, -0.25) is 14.4 Å². The minimum Gasteiger partial charge on any atom is -0.273 e. The van der Waals surface area contributed by atoms with E-state index in [1.807, 2.05) is 6.92 Å². The zero-order valence-electron chi connectivity index (χ0n) is 8.60. The predicted molar refractivity (Wildman–Crippen MR) is 51.7 cm³/mol. The van der Waals surface area contributed by atoms with Crippen LogP contribution in [0, 0.1) is 0 Å². The molecule has 1 aliphatic heterocycles. The Balaban J connectivity index is 2.38. The van der Waals surface area contributed by atoms with Gasteiger partial charge >= 0.3 is 6.03 Å². The van der Waals surface area contributed by atoms with Crippen molar-refractivity contribution in [3.05, 3.63) is 11.9 Å². The number of imide groups is 1. The van der Waals surface area contributed by atoms with E-state index >= 15 is 0 Å². The summed E-state index contributed by atoms with van der Waals surface area (Å²) in [6.45, 7) is 2.28. The topological polar surface area (TPSA) is 69.3 Å². The van der Waals surface area contributed by atoms with Gasteiger partial charge in [-0.05, 0) is 6.42 Å². The number of carbonyl (C=O) groups excluding carboxylic acids is 2. The molecule has 0 unspecified atom stereocenters. The Hall–Kier alpha value is -1.85. The molecule has 15 heavy (non-hydrogen) atoms. The number of urea groups is 1. The molecule has 0 spiro atoms. The van der Waals surface area contributed by atoms with Crippen LogP contribution < -0.4 is 5.32 Å². The van der Waals surface area contributed by atoms with Gasteiger partial charge in [0.05, 0.1) is 6.20 Å². The van der Waals surface area contributed by atoms with Crippen molar-refractivity contribution in [1.29, 1.82) is 0 Å². The van der Waals surface area contributed by atoms with Crippen molar-refractivity contribution in [2.24, 2.45) is 7.05 Å². The van der Waals surface area contributed by atoms with Crippen LogP contribution in [0.15, 0.2) is 6.20 Å². The predicted octanol–water partition coefficient (Wildman–Crippen LogP) is 0.642. The molecule has 0 aliphatic carbocycles. The lowest BCUT2D eigenvalue weighted by molar-refractivity contribution is 0.0786. The molecular formula is C9H11N4O2. The third-order valence-corrected chi connectivity index (χ3v) is 2.15. The van der Waals surface area contributed by atoms with E-state index in [9.17, 15) is 9.59 Å². The number of fused-ring (bicyclic) bond motifs is 1. The number of aryl methyl sites for hydroxylation is 1. The third-order valence-electron chi connectivity index (χ3n) is 2.15. The molecule has 1 aliphatic rings. The molecule has 0 saturated heterocycles. The van der Waals surface area contributed by atoms with Crippen molar-refractivity contribution in [3.8, 4) is 0 Å². The van der Waals surface area contributed by atoms with Crippen molar-refractivity contribution in [2.75, 3.05) is 6.54 Å². The molecule has 0 bridgehead atoms. The molecule has 1 aromatic rings. The van der Waals surface area contributed by atoms with E-state index in [0.29, 0.717) is 12.2 Å². The normalized spacial score (nSPS) is 15.2. The van der Waals surface area contributed by atoms with Crippen LogP contribution in [0.5, 0.6) is 0 Å². The molecule has 79 valence electrons. The highest BCUT2D eigenvalue weighted by molar-refractivity contribution is 6.10. The Labute approximate surface area is 86.9 Å². The van der Waals surface area contributed by atoms with Crippen LogP contribution in [-0.4, -0.2) is 33.2 Å². The summed E-state index contributed by atoms with van der Waals surface area (Å²) in [5.41, 5.74) is 0.616. The maximum atomic E-state index is 11.8. The van der Waals surface area contributed by atoms with Crippen LogP contribution in [0.25, 0.3) is 0 Å². The summed E-state index contributed by atoms with van der Waals surface area (Å²) in [5, 5.41) is 7.78. The smallest absolute Gasteiger partial charge is 0.273 e. The Morgan fingerprint density at radius 2 is 2.13 bits per heavy atom. The standard InChI is InChI=1S/C9H11N4O2/c1-3-4-13-8(14)7-6(10-9(13)15)5-12(2)11-7/h5H,3-4H2,1-2H3. The monoisotopic (exact) mass is 207 g/mol. The minimum absolute atomic E-state index is 0.255. The second-order valence-corrected chi connectivity index (χ2v) is 3.39. The van der Waals surface area contributed by atoms with Gasteiger partial charge in [0.2, 0.25) is 0 Å². The lowest BCUT2D eigenvalue weighted by Crippen LogP contribution is -2.44. The van der Waals surface area contributed by atoms with Gasteiger partial charge in [0.15, 0.2) is 5.69 Å². The van der Waals surface area contributed by atoms with E-state index in [1.165, 1.54) is 4.68 Å². The van der Waals surface area contributed by atoms with E-state index in [4.69, 9.17) is 0 Å². The summed E-state index contributed by atoms with van der Waals surface area (Å²) in [5.74, 6) is -0.354. The van der Waals surface area contributed by atoms with E-state index in [0.717, 1.165) is 11.3 Å². The Morgan fingerprint density at radius 3 is 2.80 bits per heavy atom. The lowest BCUT2D eigenvalue weighted by atomic mass is 10.2. The average Bonchev–Trinajstić information content (AvgIpc) is 2.53. The molecule has 0 aromatic carbocycles. The molecule has 1 radical (unpaired) electrons. The number of amides is 3. The van der Waals surface area contributed by atoms with E-state index in [2.05, 4.69) is 10.4 Å². The van der Waals surface area contributed by atoms with E-state index < -0.39 is 6.03 Å². The van der Waals surface area contributed by atoms with Gasteiger partial charge < -0.3 is 0 Å². The fourth-order valence-corrected chi connectivity index (χ4v) is 1.51. The highest BCUT2D eigenvalue weighted by atomic mass is 16.2. The zero-order chi connectivity index (χ0) is 11.0. The summed E-state index contributed by atoms with van der Waals surface area (Å²) >= 11 is 0. The minimum atomic E-state index is -0.498. The van der Waals surface area contributed by atoms with Crippen LogP contribution in [0.3, 0.4) is 0 Å². The molecule has 1 aromatic heterocycles. The first-order chi connectivity index (χ1) is 7.13. The Morgan fingerprint density at radius 1 is 1.40 bits per heavy atom. The van der Waals surface area contributed by atoms with Crippen molar-refractivity contribution < 1.29 is 9.59 Å². The van der Waals surface area contributed by atoms with Crippen molar-refractivity contribution >= 4 is 17.6 Å². The molecular weight excluding hydrogens is 196 g/mol. The summed E-state index contributed by atoms with van der Waals surface area (Å²) in [4.78, 5) is 24.4. The van der Waals surface area contributed by atoms with Gasteiger partial charge in [-0.2, -0.15) is 10.4 Å². The molecule has 0 fully saturated rings. The number of carbonyl (C=O) groups is 2. The molecule has 0 N–H and O–H groups in total. The van der Waals surface area contributed by atoms with Crippen molar-refractivity contribution in [2.45, 2.75) is 13.3 Å². The highest BCUT2D eigenvalue weighted by Crippen LogP contribution is 2.21. The van der Waals surface area contributed by atoms with Crippen LogP contribution in [0.2, 0.25) is 0 Å². The lowest BCUT2D eigenvalue weighted by Gasteiger charge is -2.22. The van der Waals surface area contributed by atoms with E-state index in [-0.39, 0.29) is 11.6 Å². The van der Waals surface area contributed by atoms with E-state index in [1.54, 1.807) is 13.2 Å². The number of aromatic nitrogens is 2. The SMILES string of the molecule is CCCN1C(=O)[N]c2cn(C)nc2C1=O. The summed E-state index contributed by atoms with van der Waals surface area (Å²) in [6.07, 6.45) is 2.28. The van der Waals surface area contributed by atoms with Gasteiger partial charge in [-0.1, -0.05) is 6.92 Å². The maximum Gasteiger partial charge on any atom is 0.351 e. The largest absolute Gasteiger partial charge is 0.351 e. The molecule has 2 heterocycles. The molecule has 0 atom stereocenters. The van der Waals surface area contributed by atoms with Gasteiger partial charge in [-0.15, -0.1) is 0 Å². The van der Waals surface area contributed by atoms with Crippen LogP contribution in [0.1, 0.15) is 23.8 Å². The van der Waals surface area contributed by atoms with Crippen LogP contribution in [0.4, 0.5) is 10.5 Å². The van der Waals surface area contributed by atoms with Crippen LogP contribution in [-0.2, 0) is 7.05 Å². The first kappa shape index (κ1) is 9.70. The van der Waals surface area contributed by atoms with Gasteiger partial charge in [0.1, 0.15) is 5.69 Å². The molecule has 0 saturated carbocycles. The Bertz CT molecular complexity index is 424. The second kappa shape index (κ2) is 3.38. The van der Waals surface area contributed by atoms with Crippen molar-refractivity contribution in [1.82, 2.24) is 20.0 Å². The number of nitrogens with zero attached hydrogens (tertiary/aromatic N) is 4. The summed E-state index contributed by atoms with van der Waals surface area (Å²) in [6, 6.07) is -0.498. The van der Waals surface area contributed by atoms with Gasteiger partial charge in [-0.25, -0.2) is 4.79 Å². The van der Waals surface area contributed by atoms with Crippen molar-refractivity contribution in [3.63, 3.8) is 0 Å². The molecule has 3 amide bonds. The summed E-state index contributed by atoms with van der Waals surface area (Å²) < 4.78 is 1.48. The maximum absolute atomic E-state index is 11.8. The molecule has 6 heteroatoms. The fourth-order valence-electron chi connectivity index (χ4n) is 1.51. The van der Waals surface area contributed by atoms with Crippen LogP contribution >= 0.6 is 0 Å². The van der Waals surface area contributed by atoms with Gasteiger partial charge in [0.25, 0.3) is 5.91 Å². The average molecular weight is 207 g/mol. The first-order valence-electron chi connectivity index (χ1n) is 4.74. The summed E-state index contributed by atoms with van der Waals surface area (Å²) in [7, 11) is 1.69. The second-order valence-electron chi connectivity index (χ2n) is 3.39. The Kier molecular flexibility index (Phi) is 2.18. The molecule has 6 nitrogen and oxygen atoms in total.